The molecule has 1 aliphatic rings. The van der Waals surface area contributed by atoms with Gasteiger partial charge in [0.25, 0.3) is 0 Å². The van der Waals surface area contributed by atoms with Crippen molar-refractivity contribution >= 4 is 0 Å². The first-order chi connectivity index (χ1) is 7.18. The molecule has 1 aliphatic heterocycles. The largest absolute Gasteiger partial charge is 0.491 e. The van der Waals surface area contributed by atoms with E-state index < -0.39 is 0 Å². The zero-order valence-corrected chi connectivity index (χ0v) is 9.22. The van der Waals surface area contributed by atoms with Gasteiger partial charge in [0.2, 0.25) is 0 Å². The van der Waals surface area contributed by atoms with Crippen LogP contribution in [0.2, 0.25) is 0 Å². The Bertz CT molecular complexity index is 258. The average molecular weight is 210 g/mol. The lowest BCUT2D eigenvalue weighted by Gasteiger charge is -2.01. The number of rotatable bonds is 3. The monoisotopic (exact) mass is 210 g/mol. The number of hydrogen-bond donors (Lipinski definition) is 1. The summed E-state index contributed by atoms with van der Waals surface area (Å²) in [6.45, 7) is 1.54. The summed E-state index contributed by atoms with van der Waals surface area (Å²) in [5.41, 5.74) is 0. The molecule has 1 atom stereocenters. The Morgan fingerprint density at radius 1 is 1.40 bits per heavy atom. The zero-order chi connectivity index (χ0) is 11.1. The van der Waals surface area contributed by atoms with Gasteiger partial charge in [-0.2, -0.15) is 0 Å². The third-order valence-corrected chi connectivity index (χ3v) is 1.58. The molecular formula is C11H18N2O2. The van der Waals surface area contributed by atoms with Crippen LogP contribution in [0.25, 0.3) is 0 Å². The topological polar surface area (TPSA) is 51.0 Å². The highest BCUT2D eigenvalue weighted by molar-refractivity contribution is 5.20. The van der Waals surface area contributed by atoms with Crippen molar-refractivity contribution in [1.82, 2.24) is 5.01 Å². The molecule has 4 nitrogen and oxygen atoms in total. The highest BCUT2D eigenvalue weighted by Crippen LogP contribution is 2.13. The SMILES string of the molecule is CN(C)N.c1ccc(OCC2CO2)cc1. The first-order valence-electron chi connectivity index (χ1n) is 4.90. The first-order valence-corrected chi connectivity index (χ1v) is 4.90. The number of para-hydroxylation sites is 1. The summed E-state index contributed by atoms with van der Waals surface area (Å²) >= 11 is 0. The molecule has 1 fully saturated rings. The molecule has 0 spiro atoms. The van der Waals surface area contributed by atoms with Gasteiger partial charge in [-0.25, -0.2) is 0 Å². The van der Waals surface area contributed by atoms with E-state index in [9.17, 15) is 0 Å². The Morgan fingerprint density at radius 2 is 1.93 bits per heavy atom. The molecule has 0 radical (unpaired) electrons. The highest BCUT2D eigenvalue weighted by atomic mass is 16.6. The maximum Gasteiger partial charge on any atom is 0.119 e. The number of benzene rings is 1. The van der Waals surface area contributed by atoms with E-state index in [2.05, 4.69) is 0 Å². The fraction of sp³-hybridized carbons (Fsp3) is 0.455. The van der Waals surface area contributed by atoms with E-state index in [1.807, 2.05) is 30.3 Å². The Balaban J connectivity index is 0.000000245. The smallest absolute Gasteiger partial charge is 0.119 e. The summed E-state index contributed by atoms with van der Waals surface area (Å²) < 4.78 is 10.4. The van der Waals surface area contributed by atoms with Crippen LogP contribution in [0.3, 0.4) is 0 Å². The van der Waals surface area contributed by atoms with E-state index in [1.165, 1.54) is 5.01 Å². The molecule has 0 saturated carbocycles. The molecule has 84 valence electrons. The average Bonchev–Trinajstić information content (AvgIpc) is 2.99. The number of hydrogen-bond acceptors (Lipinski definition) is 4. The molecule has 2 N–H and O–H groups in total. The highest BCUT2D eigenvalue weighted by Gasteiger charge is 2.22. The van der Waals surface area contributed by atoms with Gasteiger partial charge in [0.1, 0.15) is 18.5 Å². The third kappa shape index (κ3) is 6.90. The predicted octanol–water partition coefficient (Wildman–Crippen LogP) is 0.886. The molecule has 1 aromatic carbocycles. The lowest BCUT2D eigenvalue weighted by molar-refractivity contribution is 0.263. The molecule has 1 aromatic rings. The number of nitrogens with two attached hydrogens (primary N) is 1. The molecule has 0 aromatic heterocycles. The second kappa shape index (κ2) is 6.40. The summed E-state index contributed by atoms with van der Waals surface area (Å²) in [6.07, 6.45) is 0.343. The molecule has 4 heteroatoms. The van der Waals surface area contributed by atoms with Crippen LogP contribution in [-0.2, 0) is 4.74 Å². The Hall–Kier alpha value is -1.10. The lowest BCUT2D eigenvalue weighted by Crippen LogP contribution is -2.18. The molecule has 15 heavy (non-hydrogen) atoms. The fourth-order valence-corrected chi connectivity index (χ4v) is 0.870. The van der Waals surface area contributed by atoms with Crippen LogP contribution in [0.15, 0.2) is 30.3 Å². The second-order valence-corrected chi connectivity index (χ2v) is 3.54. The van der Waals surface area contributed by atoms with Crippen molar-refractivity contribution < 1.29 is 9.47 Å². The van der Waals surface area contributed by atoms with E-state index >= 15 is 0 Å². The van der Waals surface area contributed by atoms with Crippen LogP contribution in [0, 0.1) is 0 Å². The Labute approximate surface area is 90.6 Å². The van der Waals surface area contributed by atoms with Crippen LogP contribution in [-0.4, -0.2) is 38.4 Å². The maximum atomic E-state index is 5.40. The first kappa shape index (κ1) is 12.0. The molecular weight excluding hydrogens is 192 g/mol. The van der Waals surface area contributed by atoms with Gasteiger partial charge in [0, 0.05) is 14.1 Å². The number of epoxide rings is 1. The number of ether oxygens (including phenoxy) is 2. The normalized spacial score (nSPS) is 18.0. The van der Waals surface area contributed by atoms with Crippen molar-refractivity contribution in [3.05, 3.63) is 30.3 Å². The molecule has 0 bridgehead atoms. The van der Waals surface area contributed by atoms with Crippen LogP contribution < -0.4 is 10.6 Å². The van der Waals surface area contributed by atoms with Crippen LogP contribution in [0.1, 0.15) is 0 Å². The van der Waals surface area contributed by atoms with E-state index in [1.54, 1.807) is 14.1 Å². The number of hydrazine groups is 1. The van der Waals surface area contributed by atoms with Crippen molar-refractivity contribution in [3.8, 4) is 5.75 Å². The van der Waals surface area contributed by atoms with E-state index in [0.717, 1.165) is 12.4 Å². The van der Waals surface area contributed by atoms with Gasteiger partial charge in [0.05, 0.1) is 6.61 Å². The molecule has 0 amide bonds. The summed E-state index contributed by atoms with van der Waals surface area (Å²) in [6, 6.07) is 9.79. The van der Waals surface area contributed by atoms with E-state index in [4.69, 9.17) is 15.3 Å². The maximum absolute atomic E-state index is 5.40. The van der Waals surface area contributed by atoms with Gasteiger partial charge in [-0.1, -0.05) is 18.2 Å². The number of nitrogens with zero attached hydrogens (tertiary/aromatic N) is 1. The zero-order valence-electron chi connectivity index (χ0n) is 9.22. The minimum atomic E-state index is 0.343. The van der Waals surface area contributed by atoms with Gasteiger partial charge in [-0.05, 0) is 12.1 Å². The van der Waals surface area contributed by atoms with Gasteiger partial charge in [-0.15, -0.1) is 0 Å². The molecule has 2 rings (SSSR count). The summed E-state index contributed by atoms with van der Waals surface area (Å²) in [4.78, 5) is 0. The van der Waals surface area contributed by atoms with Crippen LogP contribution in [0.5, 0.6) is 5.75 Å². The van der Waals surface area contributed by atoms with Crippen molar-refractivity contribution in [3.63, 3.8) is 0 Å². The molecule has 0 aliphatic carbocycles. The van der Waals surface area contributed by atoms with Crippen LogP contribution >= 0.6 is 0 Å². The molecule has 1 heterocycles. The van der Waals surface area contributed by atoms with E-state index in [-0.39, 0.29) is 0 Å². The lowest BCUT2D eigenvalue weighted by atomic mass is 10.3. The minimum absolute atomic E-state index is 0.343. The fourth-order valence-electron chi connectivity index (χ4n) is 0.870. The van der Waals surface area contributed by atoms with E-state index in [0.29, 0.717) is 12.7 Å². The standard InChI is InChI=1S/C9H10O2.C2H8N2/c1-2-4-8(5-3-1)10-6-9-7-11-9;1-4(2)3/h1-5,9H,6-7H2;3H2,1-2H3. The second-order valence-electron chi connectivity index (χ2n) is 3.54. The van der Waals surface area contributed by atoms with Gasteiger partial charge < -0.3 is 9.47 Å². The van der Waals surface area contributed by atoms with Crippen LogP contribution in [0.4, 0.5) is 0 Å². The quantitative estimate of drug-likeness (QED) is 0.457. The van der Waals surface area contributed by atoms with Crippen molar-refractivity contribution in [2.45, 2.75) is 6.10 Å². The molecule has 1 saturated heterocycles. The minimum Gasteiger partial charge on any atom is -0.491 e. The summed E-state index contributed by atoms with van der Waals surface area (Å²) in [5.74, 6) is 5.86. The Kier molecular flexibility index (Phi) is 5.10. The summed E-state index contributed by atoms with van der Waals surface area (Å²) in [5, 5.41) is 1.50. The van der Waals surface area contributed by atoms with Gasteiger partial charge >= 0.3 is 0 Å². The Morgan fingerprint density at radius 3 is 2.40 bits per heavy atom. The van der Waals surface area contributed by atoms with Crippen molar-refractivity contribution in [1.29, 1.82) is 0 Å². The third-order valence-electron chi connectivity index (χ3n) is 1.58. The molecule has 1 unspecified atom stereocenters. The summed E-state index contributed by atoms with van der Waals surface area (Å²) in [7, 11) is 3.56. The van der Waals surface area contributed by atoms with Crippen molar-refractivity contribution in [2.75, 3.05) is 27.3 Å². The van der Waals surface area contributed by atoms with Crippen molar-refractivity contribution in [2.24, 2.45) is 5.84 Å². The van der Waals surface area contributed by atoms with Gasteiger partial charge in [0.15, 0.2) is 0 Å². The van der Waals surface area contributed by atoms with Gasteiger partial charge in [-0.3, -0.25) is 10.9 Å². The predicted molar refractivity (Wildman–Crippen MR) is 59.6 cm³/mol.